The lowest BCUT2D eigenvalue weighted by Gasteiger charge is -2.52. The number of thioether (sulfide) groups is 1. The number of hydrogen-bond acceptors (Lipinski definition) is 6. The third kappa shape index (κ3) is 5.09. The zero-order chi connectivity index (χ0) is 26.4. The van der Waals surface area contributed by atoms with E-state index in [1.54, 1.807) is 16.8 Å². The molecule has 38 heavy (non-hydrogen) atoms. The number of pyridine rings is 1. The van der Waals surface area contributed by atoms with Crippen molar-refractivity contribution in [2.24, 2.45) is 5.41 Å². The summed E-state index contributed by atoms with van der Waals surface area (Å²) in [7, 11) is 0. The summed E-state index contributed by atoms with van der Waals surface area (Å²) in [5.74, 6) is 0.503. The minimum absolute atomic E-state index is 0.151. The molecular weight excluding hydrogens is 514 g/mol. The lowest BCUT2D eigenvalue weighted by atomic mass is 9.63. The quantitative estimate of drug-likeness (QED) is 0.345. The zero-order valence-corrected chi connectivity index (χ0v) is 24.2. The number of halogens is 1. The molecule has 202 valence electrons. The Kier molecular flexibility index (Phi) is 7.21. The summed E-state index contributed by atoms with van der Waals surface area (Å²) >= 11 is 8.31. The Bertz CT molecular complexity index is 1380. The Morgan fingerprint density at radius 3 is 2.55 bits per heavy atom. The molecule has 6 nitrogen and oxygen atoms in total. The number of rotatable bonds is 6. The first kappa shape index (κ1) is 26.1. The molecule has 0 amide bonds. The molecule has 3 heterocycles. The van der Waals surface area contributed by atoms with E-state index in [1.807, 2.05) is 11.8 Å². The molecule has 1 N–H and O–H groups in total. The molecule has 3 aliphatic rings. The number of piperidine rings is 1. The van der Waals surface area contributed by atoms with Gasteiger partial charge < -0.3 is 10.2 Å². The summed E-state index contributed by atoms with van der Waals surface area (Å²) in [5.41, 5.74) is 3.26. The van der Waals surface area contributed by atoms with Crippen molar-refractivity contribution in [1.29, 1.82) is 0 Å². The van der Waals surface area contributed by atoms with Gasteiger partial charge in [0.25, 0.3) is 5.56 Å². The van der Waals surface area contributed by atoms with Crippen LogP contribution in [0.5, 0.6) is 0 Å². The Labute approximate surface area is 234 Å². The maximum Gasteiger partial charge on any atom is 0.271 e. The summed E-state index contributed by atoms with van der Waals surface area (Å²) in [5, 5.41) is 5.15. The maximum absolute atomic E-state index is 12.9. The van der Waals surface area contributed by atoms with Gasteiger partial charge in [-0.05, 0) is 108 Å². The van der Waals surface area contributed by atoms with Gasteiger partial charge in [0.15, 0.2) is 0 Å². The van der Waals surface area contributed by atoms with Crippen LogP contribution in [0.15, 0.2) is 40.2 Å². The lowest BCUT2D eigenvalue weighted by molar-refractivity contribution is 0.0267. The molecule has 2 aromatic heterocycles. The fraction of sp³-hybridized carbons (Fsp3) is 0.567. The first-order valence-electron chi connectivity index (χ1n) is 14.2. The van der Waals surface area contributed by atoms with Crippen molar-refractivity contribution in [1.82, 2.24) is 19.4 Å². The predicted molar refractivity (Wildman–Crippen MR) is 158 cm³/mol. The molecule has 3 aromatic rings. The van der Waals surface area contributed by atoms with E-state index in [0.717, 1.165) is 42.0 Å². The van der Waals surface area contributed by atoms with E-state index in [-0.39, 0.29) is 16.6 Å². The Morgan fingerprint density at radius 2 is 1.87 bits per heavy atom. The van der Waals surface area contributed by atoms with E-state index in [2.05, 4.69) is 54.2 Å². The molecule has 1 aromatic carbocycles. The van der Waals surface area contributed by atoms with Gasteiger partial charge in [-0.2, -0.15) is 4.98 Å². The van der Waals surface area contributed by atoms with Gasteiger partial charge in [0.1, 0.15) is 10.7 Å². The molecule has 2 aliphatic carbocycles. The van der Waals surface area contributed by atoms with Crippen LogP contribution in [0.3, 0.4) is 0 Å². The number of aryl methyl sites for hydroxylation is 1. The summed E-state index contributed by atoms with van der Waals surface area (Å²) in [4.78, 5) is 26.2. The van der Waals surface area contributed by atoms with Crippen LogP contribution in [0.25, 0.3) is 11.0 Å². The number of nitrogens with one attached hydrogen (secondary N) is 1. The molecule has 6 rings (SSSR count). The van der Waals surface area contributed by atoms with E-state index in [1.165, 1.54) is 49.2 Å². The van der Waals surface area contributed by atoms with Crippen LogP contribution >= 0.6 is 23.4 Å². The SMILES string of the molecule is Cc1cc(SC2CC3(CCN(C(C)C)CC3)C2)ccc1Nc1ncc2cc(Cl)c(=O)n(C3CCCC3)c2n1. The number of anilines is 2. The van der Waals surface area contributed by atoms with Gasteiger partial charge in [0.05, 0.1) is 0 Å². The fourth-order valence-electron chi connectivity index (χ4n) is 6.72. The Hall–Kier alpha value is -2.09. The van der Waals surface area contributed by atoms with Crippen LogP contribution < -0.4 is 10.9 Å². The molecular formula is C30H38ClN5OS. The summed E-state index contributed by atoms with van der Waals surface area (Å²) < 4.78 is 1.79. The molecule has 0 atom stereocenters. The van der Waals surface area contributed by atoms with Gasteiger partial charge in [-0.1, -0.05) is 24.4 Å². The van der Waals surface area contributed by atoms with Crippen molar-refractivity contribution in [2.75, 3.05) is 18.4 Å². The van der Waals surface area contributed by atoms with Crippen molar-refractivity contribution in [2.45, 2.75) is 94.4 Å². The number of aromatic nitrogens is 3. The first-order chi connectivity index (χ1) is 18.3. The minimum Gasteiger partial charge on any atom is -0.324 e. The molecule has 0 unspecified atom stereocenters. The molecule has 1 spiro atoms. The standard InChI is InChI=1S/C30H38ClN5OS/c1-19(2)35-12-10-30(11-13-35)16-24(17-30)38-23-8-9-26(20(3)14-23)33-29-32-18-21-15-25(31)28(37)36(27(21)34-29)22-6-4-5-7-22/h8-9,14-15,18-19,22,24H,4-7,10-13,16-17H2,1-3H3,(H,32,33,34). The minimum atomic E-state index is -0.156. The fourth-order valence-corrected chi connectivity index (χ4v) is 8.58. The first-order valence-corrected chi connectivity index (χ1v) is 15.4. The summed E-state index contributed by atoms with van der Waals surface area (Å²) in [6, 6.07) is 9.12. The molecule has 0 radical (unpaired) electrons. The van der Waals surface area contributed by atoms with E-state index in [4.69, 9.17) is 16.6 Å². The Balaban J connectivity index is 1.14. The van der Waals surface area contributed by atoms with Crippen molar-refractivity contribution in [3.63, 3.8) is 0 Å². The van der Waals surface area contributed by atoms with Gasteiger partial charge in [-0.3, -0.25) is 9.36 Å². The predicted octanol–water partition coefficient (Wildman–Crippen LogP) is 7.36. The van der Waals surface area contributed by atoms with Crippen molar-refractivity contribution in [3.05, 3.63) is 51.4 Å². The highest BCUT2D eigenvalue weighted by atomic mass is 35.5. The molecule has 0 bridgehead atoms. The number of hydrogen-bond donors (Lipinski definition) is 1. The van der Waals surface area contributed by atoms with Gasteiger partial charge >= 0.3 is 0 Å². The Morgan fingerprint density at radius 1 is 1.13 bits per heavy atom. The van der Waals surface area contributed by atoms with Gasteiger partial charge in [0, 0.05) is 39.5 Å². The van der Waals surface area contributed by atoms with Crippen LogP contribution in [0, 0.1) is 12.3 Å². The van der Waals surface area contributed by atoms with Crippen LogP contribution in [-0.2, 0) is 0 Å². The largest absolute Gasteiger partial charge is 0.324 e. The maximum atomic E-state index is 12.9. The molecule has 2 saturated carbocycles. The van der Waals surface area contributed by atoms with E-state index in [9.17, 15) is 4.79 Å². The van der Waals surface area contributed by atoms with E-state index in [0.29, 0.717) is 23.1 Å². The van der Waals surface area contributed by atoms with Gasteiger partial charge in [0.2, 0.25) is 5.95 Å². The highest BCUT2D eigenvalue weighted by Crippen LogP contribution is 2.55. The molecule has 3 fully saturated rings. The highest BCUT2D eigenvalue weighted by molar-refractivity contribution is 8.00. The smallest absolute Gasteiger partial charge is 0.271 e. The van der Waals surface area contributed by atoms with Crippen molar-refractivity contribution < 1.29 is 0 Å². The summed E-state index contributed by atoms with van der Waals surface area (Å²) in [6.45, 7) is 9.28. The average Bonchev–Trinajstić information content (AvgIpc) is 3.40. The van der Waals surface area contributed by atoms with Crippen LogP contribution in [0.1, 0.15) is 76.8 Å². The van der Waals surface area contributed by atoms with Crippen LogP contribution in [-0.4, -0.2) is 43.8 Å². The zero-order valence-electron chi connectivity index (χ0n) is 22.7. The van der Waals surface area contributed by atoms with E-state index < -0.39 is 0 Å². The van der Waals surface area contributed by atoms with Crippen LogP contribution in [0.4, 0.5) is 11.6 Å². The molecule has 1 aliphatic heterocycles. The van der Waals surface area contributed by atoms with Gasteiger partial charge in [-0.25, -0.2) is 4.98 Å². The summed E-state index contributed by atoms with van der Waals surface area (Å²) in [6.07, 6.45) is 11.4. The molecule has 8 heteroatoms. The monoisotopic (exact) mass is 551 g/mol. The van der Waals surface area contributed by atoms with Crippen molar-refractivity contribution >= 4 is 46.0 Å². The average molecular weight is 552 g/mol. The highest BCUT2D eigenvalue weighted by Gasteiger charge is 2.46. The van der Waals surface area contributed by atoms with E-state index >= 15 is 0 Å². The van der Waals surface area contributed by atoms with Crippen LogP contribution in [0.2, 0.25) is 5.02 Å². The second-order valence-corrected chi connectivity index (χ2v) is 13.7. The van der Waals surface area contributed by atoms with Crippen molar-refractivity contribution in [3.8, 4) is 0 Å². The number of likely N-dealkylation sites (tertiary alicyclic amines) is 1. The second kappa shape index (κ2) is 10.5. The topological polar surface area (TPSA) is 63.1 Å². The number of fused-ring (bicyclic) bond motifs is 1. The second-order valence-electron chi connectivity index (χ2n) is 12.0. The number of nitrogens with zero attached hydrogens (tertiary/aromatic N) is 4. The third-order valence-electron chi connectivity index (χ3n) is 9.08. The normalized spacial score (nSPS) is 20.4. The molecule has 1 saturated heterocycles. The van der Waals surface area contributed by atoms with Gasteiger partial charge in [-0.15, -0.1) is 11.8 Å². The third-order valence-corrected chi connectivity index (χ3v) is 10.5. The number of benzene rings is 1. The lowest BCUT2D eigenvalue weighted by Crippen LogP contribution is -2.49.